The van der Waals surface area contributed by atoms with E-state index in [9.17, 15) is 0 Å². The largest absolute Gasteiger partial charge is 0.332 e. The summed E-state index contributed by atoms with van der Waals surface area (Å²) < 4.78 is 4.65. The Hall–Kier alpha value is -1.29. The summed E-state index contributed by atoms with van der Waals surface area (Å²) in [4.78, 5) is 9.70. The summed E-state index contributed by atoms with van der Waals surface area (Å²) in [6.45, 7) is 24.3. The molecule has 2 aromatic rings. The van der Waals surface area contributed by atoms with Crippen molar-refractivity contribution < 1.29 is 0 Å². The highest BCUT2D eigenvalue weighted by Crippen LogP contribution is 2.35. The van der Waals surface area contributed by atoms with Crippen LogP contribution in [0.25, 0.3) is 0 Å². The molecule has 2 aromatic heterocycles. The number of nitrogens with zero attached hydrogens (tertiary/aromatic N) is 4. The second-order valence-corrected chi connectivity index (χ2v) is 11.4. The van der Waals surface area contributed by atoms with Crippen LogP contribution in [0, 0.1) is 6.92 Å². The van der Waals surface area contributed by atoms with Crippen LogP contribution in [-0.4, -0.2) is 19.1 Å². The fraction of sp³-hybridized carbons (Fsp3) is 0.739. The molecule has 0 saturated carbocycles. The highest BCUT2D eigenvalue weighted by Gasteiger charge is 2.32. The summed E-state index contributed by atoms with van der Waals surface area (Å²) in [6, 6.07) is 0.408. The van der Waals surface area contributed by atoms with Crippen LogP contribution in [0.5, 0.6) is 0 Å². The van der Waals surface area contributed by atoms with Gasteiger partial charge in [0, 0.05) is 28.6 Å². The average Bonchev–Trinajstić information content (AvgIpc) is 3.07. The molecule has 5 heteroatoms. The normalized spacial score (nSPS) is 13.6. The lowest BCUT2D eigenvalue weighted by Crippen LogP contribution is -2.33. The predicted octanol–water partition coefficient (Wildman–Crippen LogP) is 6.59. The molecule has 0 saturated heterocycles. The first-order chi connectivity index (χ1) is 12.6. The topological polar surface area (TPSA) is 35.6 Å². The van der Waals surface area contributed by atoms with E-state index >= 15 is 0 Å². The Labute approximate surface area is 176 Å². The van der Waals surface area contributed by atoms with Gasteiger partial charge < -0.3 is 9.13 Å². The van der Waals surface area contributed by atoms with E-state index in [0.29, 0.717) is 11.2 Å². The maximum atomic E-state index is 6.43. The van der Waals surface area contributed by atoms with Crippen molar-refractivity contribution in [2.45, 2.75) is 111 Å². The number of hydrogen-bond acceptors (Lipinski definition) is 2. The van der Waals surface area contributed by atoms with Crippen LogP contribution < -0.4 is 0 Å². The summed E-state index contributed by atoms with van der Waals surface area (Å²) in [7, 11) is 0. The number of rotatable bonds is 5. The van der Waals surface area contributed by atoms with E-state index in [1.165, 1.54) is 0 Å². The van der Waals surface area contributed by atoms with E-state index in [4.69, 9.17) is 16.6 Å². The molecule has 0 unspecified atom stereocenters. The standard InChI is InChI=1S/C23H39ClN4/c1-15(2)27-14-17(25-19(27)21(4,5)6)12-13-23(10,11)28-16(3)18(24)26-20(28)22(7,8)9/h14-15H,12-13H2,1-11H3. The molecule has 0 spiro atoms. The molecule has 0 N–H and O–H groups in total. The molecule has 158 valence electrons. The van der Waals surface area contributed by atoms with Gasteiger partial charge in [0.25, 0.3) is 0 Å². The van der Waals surface area contributed by atoms with Crippen molar-refractivity contribution in [1.82, 2.24) is 19.1 Å². The lowest BCUT2D eigenvalue weighted by Gasteiger charge is -2.33. The van der Waals surface area contributed by atoms with Gasteiger partial charge in [0.05, 0.1) is 11.4 Å². The van der Waals surface area contributed by atoms with Crippen molar-refractivity contribution in [3.8, 4) is 0 Å². The van der Waals surface area contributed by atoms with Crippen molar-refractivity contribution in [2.24, 2.45) is 0 Å². The fourth-order valence-electron chi connectivity index (χ4n) is 3.78. The van der Waals surface area contributed by atoms with Gasteiger partial charge in [-0.1, -0.05) is 53.1 Å². The van der Waals surface area contributed by atoms with E-state index in [1.54, 1.807) is 0 Å². The Kier molecular flexibility index (Phi) is 6.17. The molecule has 0 atom stereocenters. The molecule has 0 radical (unpaired) electrons. The van der Waals surface area contributed by atoms with Gasteiger partial charge in [-0.15, -0.1) is 0 Å². The third-order valence-electron chi connectivity index (χ3n) is 5.33. The van der Waals surface area contributed by atoms with Crippen LogP contribution >= 0.6 is 11.6 Å². The molecular weight excluding hydrogens is 368 g/mol. The Morgan fingerprint density at radius 1 is 0.929 bits per heavy atom. The second kappa shape index (κ2) is 7.51. The third kappa shape index (κ3) is 4.64. The Morgan fingerprint density at radius 2 is 1.46 bits per heavy atom. The first kappa shape index (κ1) is 23.0. The molecule has 2 heterocycles. The summed E-state index contributed by atoms with van der Waals surface area (Å²) >= 11 is 6.43. The van der Waals surface area contributed by atoms with Gasteiger partial charge in [-0.05, 0) is 47.5 Å². The number of aryl methyl sites for hydroxylation is 1. The molecule has 0 fully saturated rings. The minimum Gasteiger partial charge on any atom is -0.332 e. The van der Waals surface area contributed by atoms with Gasteiger partial charge >= 0.3 is 0 Å². The van der Waals surface area contributed by atoms with Crippen LogP contribution in [-0.2, 0) is 22.8 Å². The SMILES string of the molecule is Cc1c(Cl)nc(C(C)(C)C)n1C(C)(C)CCc1cn(C(C)C)c(C(C)(C)C)n1. The molecule has 0 bridgehead atoms. The smallest absolute Gasteiger partial charge is 0.150 e. The minimum atomic E-state index is -0.101. The Bertz CT molecular complexity index is 826. The van der Waals surface area contributed by atoms with Crippen molar-refractivity contribution in [2.75, 3.05) is 0 Å². The number of halogens is 1. The maximum absolute atomic E-state index is 6.43. The van der Waals surface area contributed by atoms with E-state index in [2.05, 4.69) is 96.5 Å². The zero-order valence-electron chi connectivity index (χ0n) is 19.7. The summed E-state index contributed by atoms with van der Waals surface area (Å²) in [5, 5.41) is 0.608. The van der Waals surface area contributed by atoms with Gasteiger partial charge in [0.1, 0.15) is 16.8 Å². The van der Waals surface area contributed by atoms with E-state index in [1.807, 2.05) is 0 Å². The molecule has 2 rings (SSSR count). The molecule has 4 nitrogen and oxygen atoms in total. The van der Waals surface area contributed by atoms with E-state index in [0.717, 1.165) is 35.9 Å². The monoisotopic (exact) mass is 406 g/mol. The van der Waals surface area contributed by atoms with Gasteiger partial charge in [-0.3, -0.25) is 0 Å². The Balaban J connectivity index is 2.35. The summed E-state index contributed by atoms with van der Waals surface area (Å²) in [5.74, 6) is 2.20. The van der Waals surface area contributed by atoms with Crippen molar-refractivity contribution in [1.29, 1.82) is 0 Å². The van der Waals surface area contributed by atoms with Crippen molar-refractivity contribution in [3.63, 3.8) is 0 Å². The van der Waals surface area contributed by atoms with E-state index in [-0.39, 0.29) is 16.4 Å². The van der Waals surface area contributed by atoms with Gasteiger partial charge in [-0.25, -0.2) is 9.97 Å². The van der Waals surface area contributed by atoms with Crippen LogP contribution in [0.4, 0.5) is 0 Å². The molecule has 0 aliphatic heterocycles. The van der Waals surface area contributed by atoms with Crippen LogP contribution in [0.15, 0.2) is 6.20 Å². The molecule has 0 aliphatic rings. The quantitative estimate of drug-likeness (QED) is 0.561. The lowest BCUT2D eigenvalue weighted by molar-refractivity contribution is 0.294. The second-order valence-electron chi connectivity index (χ2n) is 11.0. The molecule has 28 heavy (non-hydrogen) atoms. The maximum Gasteiger partial charge on any atom is 0.150 e. The van der Waals surface area contributed by atoms with E-state index < -0.39 is 0 Å². The van der Waals surface area contributed by atoms with Crippen molar-refractivity contribution >= 4 is 11.6 Å². The van der Waals surface area contributed by atoms with Crippen LogP contribution in [0.1, 0.15) is 105 Å². The van der Waals surface area contributed by atoms with Crippen LogP contribution in [0.3, 0.4) is 0 Å². The summed E-state index contributed by atoms with van der Waals surface area (Å²) in [6.07, 6.45) is 4.14. The Morgan fingerprint density at radius 3 is 1.89 bits per heavy atom. The molecule has 0 aliphatic carbocycles. The first-order valence-corrected chi connectivity index (χ1v) is 10.8. The van der Waals surface area contributed by atoms with Gasteiger partial charge in [0.15, 0.2) is 0 Å². The minimum absolute atomic E-state index is 0.0336. The van der Waals surface area contributed by atoms with Gasteiger partial charge in [0.2, 0.25) is 0 Å². The number of aromatic nitrogens is 4. The summed E-state index contributed by atoms with van der Waals surface area (Å²) in [5.41, 5.74) is 2.07. The predicted molar refractivity (Wildman–Crippen MR) is 120 cm³/mol. The highest BCUT2D eigenvalue weighted by atomic mass is 35.5. The number of imidazole rings is 2. The van der Waals surface area contributed by atoms with Crippen molar-refractivity contribution in [3.05, 3.63) is 34.4 Å². The highest BCUT2D eigenvalue weighted by molar-refractivity contribution is 6.30. The molecule has 0 aromatic carbocycles. The zero-order chi connectivity index (χ0) is 21.7. The third-order valence-corrected chi connectivity index (χ3v) is 5.69. The van der Waals surface area contributed by atoms with Crippen LogP contribution in [0.2, 0.25) is 5.15 Å². The molecular formula is C23H39ClN4. The first-order valence-electron chi connectivity index (χ1n) is 10.4. The lowest BCUT2D eigenvalue weighted by atomic mass is 9.91. The average molecular weight is 407 g/mol. The fourth-order valence-corrected chi connectivity index (χ4v) is 3.94. The number of hydrogen-bond donors (Lipinski definition) is 0. The van der Waals surface area contributed by atoms with Gasteiger partial charge in [-0.2, -0.15) is 0 Å². The zero-order valence-corrected chi connectivity index (χ0v) is 20.5. The molecule has 0 amide bonds.